The van der Waals surface area contributed by atoms with Crippen LogP contribution in [-0.4, -0.2) is 60.5 Å². The molecule has 0 fully saturated rings. The number of rotatable bonds is 4. The molecule has 0 aliphatic carbocycles. The highest BCUT2D eigenvalue weighted by Gasteiger charge is 2.34. The summed E-state index contributed by atoms with van der Waals surface area (Å²) in [5, 5.41) is 52.1. The van der Waals surface area contributed by atoms with Crippen LogP contribution in [0, 0.1) is 0 Å². The Morgan fingerprint density at radius 2 is 1.56 bits per heavy atom. The number of esters is 1. The van der Waals surface area contributed by atoms with Gasteiger partial charge in [0.25, 0.3) is 0 Å². The molecule has 1 aliphatic rings. The molecule has 0 amide bonds. The summed E-state index contributed by atoms with van der Waals surface area (Å²) < 4.78 is 12.6. The van der Waals surface area contributed by atoms with E-state index in [1.54, 1.807) is 0 Å². The molecule has 13 nitrogen and oxygen atoms in total. The maximum atomic E-state index is 10.6. The molecule has 0 unspecified atom stereocenters. The van der Waals surface area contributed by atoms with Gasteiger partial charge in [-0.2, -0.15) is 0 Å². The zero-order chi connectivity index (χ0) is 24.8. The van der Waals surface area contributed by atoms with Crippen LogP contribution in [0.4, 0.5) is 4.79 Å². The average molecular weight is 458 g/mol. The highest BCUT2D eigenvalue weighted by molar-refractivity contribution is 5.88. The molecule has 0 radical (unpaired) electrons. The van der Waals surface area contributed by atoms with Gasteiger partial charge in [-0.15, -0.1) is 0 Å². The van der Waals surface area contributed by atoms with Gasteiger partial charge in [0.2, 0.25) is 18.8 Å². The summed E-state index contributed by atoms with van der Waals surface area (Å²) in [6, 6.07) is 0. The Balaban J connectivity index is 0.000000426. The van der Waals surface area contributed by atoms with E-state index >= 15 is 0 Å². The Bertz CT molecular complexity index is 832. The van der Waals surface area contributed by atoms with E-state index in [2.05, 4.69) is 52.8 Å². The Morgan fingerprint density at radius 3 is 1.75 bits per heavy atom. The molecular weight excluding hydrogens is 428 g/mol. The molecule has 0 aromatic carbocycles. The second-order valence-electron chi connectivity index (χ2n) is 6.38. The molecule has 0 bridgehead atoms. The monoisotopic (exact) mass is 458 g/mol. The lowest BCUT2D eigenvalue weighted by Crippen LogP contribution is -2.31. The number of carbonyl (C=O) groups is 2. The van der Waals surface area contributed by atoms with Crippen molar-refractivity contribution >= 4 is 12.1 Å². The van der Waals surface area contributed by atoms with Gasteiger partial charge in [-0.25, -0.2) is 23.1 Å². The quantitative estimate of drug-likeness (QED) is 0.272. The number of aryl methyl sites for hydroxylation is 4. The first-order valence-electron chi connectivity index (χ1n) is 9.48. The number of aromatic nitrogens is 4. The third-order valence-electron chi connectivity index (χ3n) is 3.84. The van der Waals surface area contributed by atoms with Crippen LogP contribution in [0.25, 0.3) is 0 Å². The molecule has 13 heteroatoms. The maximum Gasteiger partial charge on any atom is 0.327 e. The maximum absolute atomic E-state index is 10.6. The molecule has 2 atom stereocenters. The molecule has 0 saturated heterocycles. The number of nitrogens with zero attached hydrogens (tertiary/aromatic N) is 4. The van der Waals surface area contributed by atoms with Gasteiger partial charge in [0.05, 0.1) is 33.8 Å². The zero-order valence-corrected chi connectivity index (χ0v) is 18.4. The summed E-state index contributed by atoms with van der Waals surface area (Å²) in [7, 11) is 4.04. The van der Waals surface area contributed by atoms with E-state index < -0.39 is 42.5 Å². The summed E-state index contributed by atoms with van der Waals surface area (Å²) in [5.41, 5.74) is 0. The second kappa shape index (κ2) is 14.4. The lowest BCUT2D eigenvalue weighted by molar-refractivity contribution is -0.671. The van der Waals surface area contributed by atoms with E-state index in [1.807, 2.05) is 35.6 Å². The van der Waals surface area contributed by atoms with Crippen molar-refractivity contribution in [3.63, 3.8) is 0 Å². The first-order valence-corrected chi connectivity index (χ1v) is 9.48. The smallest absolute Gasteiger partial charge is 0.327 e. The van der Waals surface area contributed by atoms with Gasteiger partial charge < -0.3 is 40.2 Å². The number of carboxylic acid groups (broad SMARTS) is 2. The summed E-state index contributed by atoms with van der Waals surface area (Å²) in [6.07, 6.45) is 7.32. The second-order valence-corrected chi connectivity index (χ2v) is 6.38. The van der Waals surface area contributed by atoms with Crippen molar-refractivity contribution in [2.45, 2.75) is 39.1 Å². The van der Waals surface area contributed by atoms with Crippen molar-refractivity contribution in [3.05, 3.63) is 49.0 Å². The first-order chi connectivity index (χ1) is 15.0. The topological polar surface area (TPSA) is 188 Å². The Hall–Kier alpha value is -3.58. The van der Waals surface area contributed by atoms with Gasteiger partial charge in [-0.1, -0.05) is 0 Å². The van der Waals surface area contributed by atoms with E-state index in [0.717, 1.165) is 13.1 Å². The molecule has 2 aromatic rings. The Kier molecular flexibility index (Phi) is 12.8. The number of imidazole rings is 2. The van der Waals surface area contributed by atoms with Gasteiger partial charge in [-0.05, 0) is 13.8 Å². The molecule has 0 spiro atoms. The summed E-state index contributed by atoms with van der Waals surface area (Å²) in [4.78, 5) is 18.9. The van der Waals surface area contributed by atoms with Crippen molar-refractivity contribution in [3.8, 4) is 0 Å². The van der Waals surface area contributed by atoms with Crippen LogP contribution in [0.2, 0.25) is 0 Å². The van der Waals surface area contributed by atoms with E-state index in [4.69, 9.17) is 30.3 Å². The fraction of sp³-hybridized carbons (Fsp3) is 0.474. The predicted molar refractivity (Wildman–Crippen MR) is 103 cm³/mol. The van der Waals surface area contributed by atoms with Gasteiger partial charge in [0, 0.05) is 5.76 Å². The third-order valence-corrected chi connectivity index (χ3v) is 3.84. The molecule has 32 heavy (non-hydrogen) atoms. The SMILES string of the molecule is CCn1cc[n+](C)c1.CCn1cc[n+](C)c1.O=C([O-])O.O=C1O[C@H]([C@@H](O)CO)C(O)=C1[O-]. The largest absolute Gasteiger partial charge is 0.865 e. The molecule has 3 heterocycles. The summed E-state index contributed by atoms with van der Waals surface area (Å²) in [6.45, 7) is 5.66. The minimum Gasteiger partial charge on any atom is -0.865 e. The molecule has 2 aromatic heterocycles. The van der Waals surface area contributed by atoms with E-state index in [0.29, 0.717) is 0 Å². The number of aliphatic hydroxyl groups is 3. The standard InChI is InChI=1S/2C6H11N2.C6H8O6.CH2O3/c2*1-3-8-5-4-7(2)6-8;7-1-2(8)5-3(9)4(10)6(11)12-5;2-1(3)4/h2*4-6H,3H2,1-2H3;2,5,7-10H,1H2;(H2,2,3,4)/q2*+1;;/p-2/t;;2-,5+;/m..0./s1. The van der Waals surface area contributed by atoms with E-state index in [-0.39, 0.29) is 0 Å². The minimum atomic E-state index is -2.08. The van der Waals surface area contributed by atoms with Crippen LogP contribution in [0.1, 0.15) is 13.8 Å². The van der Waals surface area contributed by atoms with Crippen molar-refractivity contribution in [2.24, 2.45) is 14.1 Å². The molecule has 0 saturated carbocycles. The van der Waals surface area contributed by atoms with Crippen LogP contribution < -0.4 is 19.3 Å². The van der Waals surface area contributed by atoms with Crippen molar-refractivity contribution in [1.82, 2.24) is 9.13 Å². The highest BCUT2D eigenvalue weighted by atomic mass is 16.6. The van der Waals surface area contributed by atoms with Crippen LogP contribution in [0.3, 0.4) is 0 Å². The lowest BCUT2D eigenvalue weighted by Gasteiger charge is -2.14. The number of carbonyl (C=O) groups excluding carboxylic acids is 1. The number of cyclic esters (lactones) is 1. The Morgan fingerprint density at radius 1 is 1.16 bits per heavy atom. The van der Waals surface area contributed by atoms with Crippen molar-refractivity contribution < 1.29 is 54.1 Å². The molecule has 3 rings (SSSR count). The normalized spacial score (nSPS) is 15.3. The summed E-state index contributed by atoms with van der Waals surface area (Å²) in [5.74, 6) is -3.25. The highest BCUT2D eigenvalue weighted by Crippen LogP contribution is 2.19. The average Bonchev–Trinajstić information content (AvgIpc) is 3.43. The fourth-order valence-corrected chi connectivity index (χ4v) is 2.19. The van der Waals surface area contributed by atoms with Crippen LogP contribution >= 0.6 is 0 Å². The minimum absolute atomic E-state index is 0.699. The number of hydrogen-bond acceptors (Lipinski definition) is 8. The van der Waals surface area contributed by atoms with Crippen LogP contribution in [-0.2, 0) is 36.7 Å². The van der Waals surface area contributed by atoms with Crippen LogP contribution in [0.15, 0.2) is 49.0 Å². The molecule has 4 N–H and O–H groups in total. The van der Waals surface area contributed by atoms with Crippen molar-refractivity contribution in [2.75, 3.05) is 6.61 Å². The zero-order valence-electron chi connectivity index (χ0n) is 18.4. The van der Waals surface area contributed by atoms with Gasteiger partial charge in [0.1, 0.15) is 36.7 Å². The molecule has 1 aliphatic heterocycles. The van der Waals surface area contributed by atoms with Crippen molar-refractivity contribution in [1.29, 1.82) is 0 Å². The van der Waals surface area contributed by atoms with Gasteiger partial charge in [0.15, 0.2) is 6.10 Å². The first kappa shape index (κ1) is 28.4. The van der Waals surface area contributed by atoms with E-state index in [9.17, 15) is 9.90 Å². The van der Waals surface area contributed by atoms with Crippen LogP contribution in [0.5, 0.6) is 0 Å². The molecule has 180 valence electrons. The number of ether oxygens (including phenoxy) is 1. The fourth-order valence-electron chi connectivity index (χ4n) is 2.19. The third kappa shape index (κ3) is 10.4. The lowest BCUT2D eigenvalue weighted by atomic mass is 10.2. The molecular formula is C19H30N4O9. The number of aliphatic hydroxyl groups excluding tert-OH is 3. The van der Waals surface area contributed by atoms with Gasteiger partial charge in [-0.3, -0.25) is 0 Å². The van der Waals surface area contributed by atoms with Gasteiger partial charge >= 0.3 is 5.97 Å². The predicted octanol–water partition coefficient (Wildman–Crippen LogP) is -3.05. The summed E-state index contributed by atoms with van der Waals surface area (Å²) >= 11 is 0. The number of hydrogen-bond donors (Lipinski definition) is 4. The Labute approximate surface area is 184 Å². The van der Waals surface area contributed by atoms with E-state index in [1.165, 1.54) is 0 Å².